The van der Waals surface area contributed by atoms with Gasteiger partial charge in [-0.2, -0.15) is 0 Å². The van der Waals surface area contributed by atoms with Gasteiger partial charge < -0.3 is 10.0 Å². The average Bonchev–Trinajstić information content (AvgIpc) is 3.01. The Morgan fingerprint density at radius 1 is 1.42 bits per heavy atom. The SMILES string of the molecule is CCCN(C(=O)CCc1cc(F)ccc1F)C1CCN(CCO)C1. The summed E-state index contributed by atoms with van der Waals surface area (Å²) < 4.78 is 26.9. The number of aryl methyl sites for hydroxylation is 1. The second kappa shape index (κ2) is 9.08. The number of benzene rings is 1. The number of aliphatic hydroxyl groups excluding tert-OH is 1. The summed E-state index contributed by atoms with van der Waals surface area (Å²) >= 11 is 0. The monoisotopic (exact) mass is 340 g/mol. The van der Waals surface area contributed by atoms with Crippen LogP contribution in [0.1, 0.15) is 31.7 Å². The van der Waals surface area contributed by atoms with Gasteiger partial charge in [-0.3, -0.25) is 9.69 Å². The molecule has 4 nitrogen and oxygen atoms in total. The molecular formula is C18H26F2N2O2. The normalized spacial score (nSPS) is 18.1. The minimum atomic E-state index is -0.486. The maximum absolute atomic E-state index is 13.7. The molecule has 0 bridgehead atoms. The van der Waals surface area contributed by atoms with Crippen molar-refractivity contribution in [2.75, 3.05) is 32.8 Å². The third-order valence-corrected chi connectivity index (χ3v) is 4.51. The molecular weight excluding hydrogens is 314 g/mol. The van der Waals surface area contributed by atoms with Gasteiger partial charge in [-0.15, -0.1) is 0 Å². The Balaban J connectivity index is 1.95. The Morgan fingerprint density at radius 2 is 2.21 bits per heavy atom. The van der Waals surface area contributed by atoms with Crippen LogP contribution in [0.25, 0.3) is 0 Å². The zero-order valence-electron chi connectivity index (χ0n) is 14.2. The molecule has 1 heterocycles. The van der Waals surface area contributed by atoms with Crippen molar-refractivity contribution < 1.29 is 18.7 Å². The Kier molecular flexibility index (Phi) is 7.12. The van der Waals surface area contributed by atoms with Crippen molar-refractivity contribution in [3.63, 3.8) is 0 Å². The summed E-state index contributed by atoms with van der Waals surface area (Å²) in [7, 11) is 0. The summed E-state index contributed by atoms with van der Waals surface area (Å²) in [6.07, 6.45) is 2.13. The molecule has 1 aromatic rings. The van der Waals surface area contributed by atoms with Gasteiger partial charge in [0, 0.05) is 38.6 Å². The van der Waals surface area contributed by atoms with Crippen molar-refractivity contribution in [2.45, 2.75) is 38.6 Å². The minimum absolute atomic E-state index is 0.0173. The predicted octanol–water partition coefficient (Wildman–Crippen LogP) is 2.20. The van der Waals surface area contributed by atoms with Gasteiger partial charge in [-0.1, -0.05) is 6.92 Å². The van der Waals surface area contributed by atoms with E-state index in [1.54, 1.807) is 0 Å². The lowest BCUT2D eigenvalue weighted by atomic mass is 10.1. The first-order chi connectivity index (χ1) is 11.5. The number of nitrogens with zero attached hydrogens (tertiary/aromatic N) is 2. The molecule has 6 heteroatoms. The van der Waals surface area contributed by atoms with Crippen molar-refractivity contribution in [3.05, 3.63) is 35.4 Å². The number of carbonyl (C=O) groups excluding carboxylic acids is 1. The van der Waals surface area contributed by atoms with Crippen LogP contribution in [0.2, 0.25) is 0 Å². The van der Waals surface area contributed by atoms with E-state index >= 15 is 0 Å². The number of rotatable bonds is 8. The van der Waals surface area contributed by atoms with Gasteiger partial charge >= 0.3 is 0 Å². The van der Waals surface area contributed by atoms with E-state index in [1.165, 1.54) is 0 Å². The van der Waals surface area contributed by atoms with E-state index in [4.69, 9.17) is 5.11 Å². The molecule has 1 aliphatic rings. The van der Waals surface area contributed by atoms with Gasteiger partial charge in [0.15, 0.2) is 0 Å². The van der Waals surface area contributed by atoms with Crippen LogP contribution in [0.4, 0.5) is 8.78 Å². The van der Waals surface area contributed by atoms with Crippen LogP contribution in [0.3, 0.4) is 0 Å². The Labute approximate surface area is 142 Å². The van der Waals surface area contributed by atoms with Crippen molar-refractivity contribution in [1.29, 1.82) is 0 Å². The number of β-amino-alcohol motifs (C(OH)–C–C–N with tert-alkyl or cyclic N) is 1. The highest BCUT2D eigenvalue weighted by Gasteiger charge is 2.29. The molecule has 2 rings (SSSR count). The smallest absolute Gasteiger partial charge is 0.223 e. The minimum Gasteiger partial charge on any atom is -0.395 e. The standard InChI is InChI=1S/C18H26F2N2O2/c1-2-8-22(16-7-9-21(13-16)10-11-23)18(24)6-3-14-12-15(19)4-5-17(14)20/h4-5,12,16,23H,2-3,6-11,13H2,1H3. The largest absolute Gasteiger partial charge is 0.395 e. The van der Waals surface area contributed by atoms with Crippen LogP contribution >= 0.6 is 0 Å². The van der Waals surface area contributed by atoms with E-state index in [0.717, 1.165) is 44.1 Å². The highest BCUT2D eigenvalue weighted by atomic mass is 19.1. The molecule has 0 aliphatic carbocycles. The first-order valence-electron chi connectivity index (χ1n) is 8.61. The first kappa shape index (κ1) is 18.8. The molecule has 1 aromatic carbocycles. The second-order valence-electron chi connectivity index (χ2n) is 6.29. The average molecular weight is 340 g/mol. The summed E-state index contributed by atoms with van der Waals surface area (Å²) in [5.74, 6) is -0.975. The third kappa shape index (κ3) is 4.98. The van der Waals surface area contributed by atoms with E-state index < -0.39 is 11.6 Å². The van der Waals surface area contributed by atoms with Crippen LogP contribution in [-0.2, 0) is 11.2 Å². The number of halogens is 2. The fourth-order valence-corrected chi connectivity index (χ4v) is 3.28. The van der Waals surface area contributed by atoms with Gasteiger partial charge in [-0.25, -0.2) is 8.78 Å². The highest BCUT2D eigenvalue weighted by molar-refractivity contribution is 5.77. The number of likely N-dealkylation sites (tertiary alicyclic amines) is 1. The molecule has 0 spiro atoms. The molecule has 0 aromatic heterocycles. The van der Waals surface area contributed by atoms with E-state index in [2.05, 4.69) is 4.90 Å². The van der Waals surface area contributed by atoms with Crippen molar-refractivity contribution in [1.82, 2.24) is 9.80 Å². The Morgan fingerprint density at radius 3 is 2.92 bits per heavy atom. The van der Waals surface area contributed by atoms with Crippen molar-refractivity contribution in [2.24, 2.45) is 0 Å². The molecule has 1 unspecified atom stereocenters. The molecule has 1 saturated heterocycles. The number of carbonyl (C=O) groups is 1. The number of hydrogen-bond acceptors (Lipinski definition) is 3. The Hall–Kier alpha value is -1.53. The molecule has 1 amide bonds. The quantitative estimate of drug-likeness (QED) is 0.789. The van der Waals surface area contributed by atoms with Gasteiger partial charge in [-0.05, 0) is 43.0 Å². The maximum Gasteiger partial charge on any atom is 0.223 e. The van der Waals surface area contributed by atoms with Crippen molar-refractivity contribution >= 4 is 5.91 Å². The van der Waals surface area contributed by atoms with Gasteiger partial charge in [0.1, 0.15) is 11.6 Å². The highest BCUT2D eigenvalue weighted by Crippen LogP contribution is 2.18. The number of amides is 1. The summed E-state index contributed by atoms with van der Waals surface area (Å²) in [6, 6.07) is 3.48. The Bertz CT molecular complexity index is 554. The van der Waals surface area contributed by atoms with E-state index in [-0.39, 0.29) is 37.0 Å². The fraction of sp³-hybridized carbons (Fsp3) is 0.611. The molecule has 134 valence electrons. The van der Waals surface area contributed by atoms with Crippen LogP contribution < -0.4 is 0 Å². The second-order valence-corrected chi connectivity index (χ2v) is 6.29. The van der Waals surface area contributed by atoms with Gasteiger partial charge in [0.2, 0.25) is 5.91 Å². The van der Waals surface area contributed by atoms with E-state index in [1.807, 2.05) is 11.8 Å². The molecule has 0 saturated carbocycles. The molecule has 1 fully saturated rings. The lowest BCUT2D eigenvalue weighted by molar-refractivity contribution is -0.133. The first-order valence-corrected chi connectivity index (χ1v) is 8.61. The summed E-state index contributed by atoms with van der Waals surface area (Å²) in [4.78, 5) is 16.6. The molecule has 1 aliphatic heterocycles. The summed E-state index contributed by atoms with van der Waals surface area (Å²) in [5, 5.41) is 9.03. The molecule has 1 N–H and O–H groups in total. The molecule has 1 atom stereocenters. The zero-order valence-corrected chi connectivity index (χ0v) is 14.2. The van der Waals surface area contributed by atoms with E-state index in [9.17, 15) is 13.6 Å². The van der Waals surface area contributed by atoms with Crippen LogP contribution in [-0.4, -0.2) is 59.6 Å². The van der Waals surface area contributed by atoms with Crippen LogP contribution in [0.15, 0.2) is 18.2 Å². The summed E-state index contributed by atoms with van der Waals surface area (Å²) in [5.41, 5.74) is 0.244. The lowest BCUT2D eigenvalue weighted by Gasteiger charge is -2.29. The molecule has 0 radical (unpaired) electrons. The van der Waals surface area contributed by atoms with Crippen LogP contribution in [0.5, 0.6) is 0 Å². The fourth-order valence-electron chi connectivity index (χ4n) is 3.28. The topological polar surface area (TPSA) is 43.8 Å². The predicted molar refractivity (Wildman–Crippen MR) is 88.6 cm³/mol. The maximum atomic E-state index is 13.7. The lowest BCUT2D eigenvalue weighted by Crippen LogP contribution is -2.42. The van der Waals surface area contributed by atoms with Gasteiger partial charge in [0.05, 0.1) is 6.61 Å². The van der Waals surface area contributed by atoms with Gasteiger partial charge in [0.25, 0.3) is 0 Å². The number of hydrogen-bond donors (Lipinski definition) is 1. The molecule has 24 heavy (non-hydrogen) atoms. The number of aliphatic hydroxyl groups is 1. The zero-order chi connectivity index (χ0) is 17.5. The van der Waals surface area contributed by atoms with E-state index in [0.29, 0.717) is 13.1 Å². The summed E-state index contributed by atoms with van der Waals surface area (Å²) in [6.45, 7) is 5.07. The van der Waals surface area contributed by atoms with Crippen molar-refractivity contribution in [3.8, 4) is 0 Å². The third-order valence-electron chi connectivity index (χ3n) is 4.51. The van der Waals surface area contributed by atoms with Crippen LogP contribution in [0, 0.1) is 11.6 Å².